The lowest BCUT2D eigenvalue weighted by Gasteiger charge is -2.07. The predicted molar refractivity (Wildman–Crippen MR) is 96.0 cm³/mol. The first kappa shape index (κ1) is 17.2. The molecule has 0 atom stereocenters. The van der Waals surface area contributed by atoms with E-state index in [4.69, 9.17) is 0 Å². The Bertz CT molecular complexity index is 910. The van der Waals surface area contributed by atoms with Crippen LogP contribution in [0.25, 0.3) is 10.9 Å². The van der Waals surface area contributed by atoms with Crippen LogP contribution < -0.4 is 5.32 Å². The van der Waals surface area contributed by atoms with Crippen molar-refractivity contribution in [2.75, 3.05) is 6.54 Å². The number of carbonyl (C=O) groups is 1. The molecule has 0 radical (unpaired) electrons. The molecule has 6 heteroatoms. The lowest BCUT2D eigenvalue weighted by Crippen LogP contribution is -2.27. The van der Waals surface area contributed by atoms with Crippen LogP contribution in [0.2, 0.25) is 0 Å². The summed E-state index contributed by atoms with van der Waals surface area (Å²) in [7, 11) is 0. The van der Waals surface area contributed by atoms with Gasteiger partial charge in [-0.3, -0.25) is 9.48 Å². The van der Waals surface area contributed by atoms with Gasteiger partial charge in [-0.1, -0.05) is 0 Å². The van der Waals surface area contributed by atoms with Crippen molar-refractivity contribution >= 4 is 16.8 Å². The number of aryl methyl sites for hydroxylation is 4. The number of nitrogens with one attached hydrogen (secondary N) is 2. The molecule has 0 unspecified atom stereocenters. The van der Waals surface area contributed by atoms with Gasteiger partial charge in [0.05, 0.1) is 12.1 Å². The Balaban J connectivity index is 1.55. The molecule has 0 aliphatic rings. The van der Waals surface area contributed by atoms with E-state index in [9.17, 15) is 9.18 Å². The minimum atomic E-state index is -0.293. The third-order valence-corrected chi connectivity index (χ3v) is 4.39. The van der Waals surface area contributed by atoms with Crippen LogP contribution in [0.15, 0.2) is 24.3 Å². The van der Waals surface area contributed by atoms with Crippen molar-refractivity contribution in [1.82, 2.24) is 20.1 Å². The number of H-pyrrole nitrogens is 1. The van der Waals surface area contributed by atoms with Gasteiger partial charge < -0.3 is 10.3 Å². The molecule has 0 aliphatic carbocycles. The lowest BCUT2D eigenvalue weighted by molar-refractivity contribution is -0.120. The summed E-state index contributed by atoms with van der Waals surface area (Å²) in [6, 6.07) is 6.64. The van der Waals surface area contributed by atoms with Gasteiger partial charge >= 0.3 is 0 Å². The minimum absolute atomic E-state index is 0.0540. The fraction of sp³-hybridized carbons (Fsp3) is 0.368. The smallest absolute Gasteiger partial charge is 0.224 e. The first-order valence-corrected chi connectivity index (χ1v) is 8.48. The van der Waals surface area contributed by atoms with E-state index in [1.807, 2.05) is 31.5 Å². The van der Waals surface area contributed by atoms with Crippen LogP contribution in [0.4, 0.5) is 4.39 Å². The monoisotopic (exact) mass is 342 g/mol. The molecule has 3 rings (SSSR count). The van der Waals surface area contributed by atoms with Gasteiger partial charge in [0.25, 0.3) is 0 Å². The second-order valence-electron chi connectivity index (χ2n) is 6.45. The molecule has 1 aromatic carbocycles. The van der Waals surface area contributed by atoms with E-state index in [1.165, 1.54) is 12.1 Å². The van der Waals surface area contributed by atoms with Gasteiger partial charge in [0.15, 0.2) is 0 Å². The number of halogens is 1. The van der Waals surface area contributed by atoms with Gasteiger partial charge in [-0.15, -0.1) is 0 Å². The van der Waals surface area contributed by atoms with E-state index in [2.05, 4.69) is 15.4 Å². The number of carbonyl (C=O) groups excluding carboxylic acids is 1. The zero-order chi connectivity index (χ0) is 18.0. The number of hydrogen-bond donors (Lipinski definition) is 2. The van der Waals surface area contributed by atoms with Gasteiger partial charge in [-0.25, -0.2) is 4.39 Å². The van der Waals surface area contributed by atoms with Crippen molar-refractivity contribution in [3.8, 4) is 0 Å². The Kier molecular flexibility index (Phi) is 4.88. The maximum atomic E-state index is 13.5. The summed E-state index contributed by atoms with van der Waals surface area (Å²) in [5.41, 5.74) is 4.74. The average molecular weight is 342 g/mol. The highest BCUT2D eigenvalue weighted by atomic mass is 19.1. The minimum Gasteiger partial charge on any atom is -0.358 e. The number of amides is 1. The highest BCUT2D eigenvalue weighted by Gasteiger charge is 2.13. The van der Waals surface area contributed by atoms with Gasteiger partial charge in [0, 0.05) is 35.4 Å². The Hall–Kier alpha value is -2.63. The van der Waals surface area contributed by atoms with E-state index in [1.54, 1.807) is 6.07 Å². The first-order valence-electron chi connectivity index (χ1n) is 8.48. The zero-order valence-corrected chi connectivity index (χ0v) is 14.8. The number of fused-ring (bicyclic) bond motifs is 1. The normalized spacial score (nSPS) is 11.2. The van der Waals surface area contributed by atoms with Crippen molar-refractivity contribution in [2.45, 2.75) is 40.2 Å². The van der Waals surface area contributed by atoms with E-state index >= 15 is 0 Å². The van der Waals surface area contributed by atoms with Crippen LogP contribution in [0.3, 0.4) is 0 Å². The van der Waals surface area contributed by atoms with E-state index in [0.29, 0.717) is 6.54 Å². The molecule has 2 heterocycles. The van der Waals surface area contributed by atoms with Gasteiger partial charge in [-0.2, -0.15) is 5.10 Å². The van der Waals surface area contributed by atoms with Crippen molar-refractivity contribution in [2.24, 2.45) is 0 Å². The first-order chi connectivity index (χ1) is 11.9. The summed E-state index contributed by atoms with van der Waals surface area (Å²) < 4.78 is 15.4. The van der Waals surface area contributed by atoms with Crippen LogP contribution >= 0.6 is 0 Å². The van der Waals surface area contributed by atoms with Crippen molar-refractivity contribution in [3.63, 3.8) is 0 Å². The van der Waals surface area contributed by atoms with Crippen molar-refractivity contribution in [1.29, 1.82) is 0 Å². The third-order valence-electron chi connectivity index (χ3n) is 4.39. The van der Waals surface area contributed by atoms with Crippen LogP contribution in [0, 0.1) is 26.6 Å². The van der Waals surface area contributed by atoms with E-state index in [-0.39, 0.29) is 18.1 Å². The summed E-state index contributed by atoms with van der Waals surface area (Å²) in [6.07, 6.45) is 1.06. The predicted octanol–water partition coefficient (Wildman–Crippen LogP) is 3.18. The zero-order valence-electron chi connectivity index (χ0n) is 14.8. The number of hydrogen-bond acceptors (Lipinski definition) is 2. The fourth-order valence-electron chi connectivity index (χ4n) is 3.16. The highest BCUT2D eigenvalue weighted by Crippen LogP contribution is 2.23. The quantitative estimate of drug-likeness (QED) is 0.676. The molecule has 0 aliphatic heterocycles. The highest BCUT2D eigenvalue weighted by molar-refractivity contribution is 5.90. The standard InChI is InChI=1S/C19H23FN4O/c1-12-9-13(2)24(23-12)8-4-7-21-19(25)11-16-14(3)22-18-6-5-15(20)10-17(16)18/h5-6,9-10,22H,4,7-8,11H2,1-3H3,(H,21,25). The van der Waals surface area contributed by atoms with E-state index in [0.717, 1.165) is 46.5 Å². The molecule has 132 valence electrons. The molecule has 0 saturated heterocycles. The molecule has 0 saturated carbocycles. The Morgan fingerprint density at radius 2 is 2.08 bits per heavy atom. The fourth-order valence-corrected chi connectivity index (χ4v) is 3.16. The second kappa shape index (κ2) is 7.09. The molecule has 25 heavy (non-hydrogen) atoms. The maximum absolute atomic E-state index is 13.5. The SMILES string of the molecule is Cc1cc(C)n(CCCNC(=O)Cc2c(C)[nH]c3ccc(F)cc23)n1. The van der Waals surface area contributed by atoms with Crippen LogP contribution in [0.5, 0.6) is 0 Å². The number of aromatic nitrogens is 3. The Morgan fingerprint density at radius 1 is 1.28 bits per heavy atom. The molecular formula is C19H23FN4O. The van der Waals surface area contributed by atoms with Crippen molar-refractivity contribution < 1.29 is 9.18 Å². The topological polar surface area (TPSA) is 62.7 Å². The average Bonchev–Trinajstić information content (AvgIpc) is 3.03. The van der Waals surface area contributed by atoms with Crippen LogP contribution in [-0.4, -0.2) is 27.2 Å². The molecule has 1 amide bonds. The molecule has 5 nitrogen and oxygen atoms in total. The number of rotatable bonds is 6. The van der Waals surface area contributed by atoms with Crippen LogP contribution in [-0.2, 0) is 17.8 Å². The summed E-state index contributed by atoms with van der Waals surface area (Å²) in [4.78, 5) is 15.4. The summed E-state index contributed by atoms with van der Waals surface area (Å²) in [6.45, 7) is 7.27. The molecular weight excluding hydrogens is 319 g/mol. The molecule has 0 fully saturated rings. The summed E-state index contributed by atoms with van der Waals surface area (Å²) in [5.74, 6) is -0.348. The molecule has 3 aromatic rings. The lowest BCUT2D eigenvalue weighted by atomic mass is 10.1. The third kappa shape index (κ3) is 3.90. The van der Waals surface area contributed by atoms with Crippen LogP contribution in [0.1, 0.15) is 29.1 Å². The number of nitrogens with zero attached hydrogens (tertiary/aromatic N) is 2. The number of aromatic amines is 1. The van der Waals surface area contributed by atoms with Gasteiger partial charge in [0.1, 0.15) is 5.82 Å². The second-order valence-corrected chi connectivity index (χ2v) is 6.45. The van der Waals surface area contributed by atoms with Crippen molar-refractivity contribution in [3.05, 3.63) is 52.7 Å². The molecule has 2 aromatic heterocycles. The van der Waals surface area contributed by atoms with Gasteiger partial charge in [-0.05, 0) is 57.0 Å². The molecule has 0 spiro atoms. The summed E-state index contributed by atoms with van der Waals surface area (Å²) in [5, 5.41) is 8.12. The largest absolute Gasteiger partial charge is 0.358 e. The molecule has 2 N–H and O–H groups in total. The Morgan fingerprint density at radius 3 is 2.80 bits per heavy atom. The Labute approximate surface area is 146 Å². The van der Waals surface area contributed by atoms with Gasteiger partial charge in [0.2, 0.25) is 5.91 Å². The number of benzene rings is 1. The maximum Gasteiger partial charge on any atom is 0.224 e. The van der Waals surface area contributed by atoms with E-state index < -0.39 is 0 Å². The molecule has 0 bridgehead atoms. The summed E-state index contributed by atoms with van der Waals surface area (Å²) >= 11 is 0.